The Bertz CT molecular complexity index is 362. The van der Waals surface area contributed by atoms with Crippen LogP contribution < -0.4 is 10.6 Å². The van der Waals surface area contributed by atoms with E-state index < -0.39 is 0 Å². The van der Waals surface area contributed by atoms with E-state index in [1.54, 1.807) is 0 Å². The summed E-state index contributed by atoms with van der Waals surface area (Å²) in [6.45, 7) is 11.3. The molecule has 0 saturated heterocycles. The van der Waals surface area contributed by atoms with Crippen molar-refractivity contribution in [1.29, 1.82) is 0 Å². The fourth-order valence-corrected chi connectivity index (χ4v) is 2.08. The minimum atomic E-state index is 0.143. The SMILES string of the molecule is CCN(CC)CCCN(CC)c1nc(N)nc(Cl)n1. The first-order chi connectivity index (χ1) is 9.10. The second kappa shape index (κ2) is 8.12. The number of hydrogen-bond donors (Lipinski definition) is 1. The molecule has 0 unspecified atom stereocenters. The fourth-order valence-electron chi connectivity index (χ4n) is 1.92. The van der Waals surface area contributed by atoms with Crippen LogP contribution in [0.5, 0.6) is 0 Å². The van der Waals surface area contributed by atoms with E-state index in [0.717, 1.165) is 39.1 Å². The molecule has 0 amide bonds. The lowest BCUT2D eigenvalue weighted by molar-refractivity contribution is 0.300. The van der Waals surface area contributed by atoms with Crippen LogP contribution in [0.1, 0.15) is 27.2 Å². The molecule has 1 aromatic rings. The quantitative estimate of drug-likeness (QED) is 0.784. The Morgan fingerprint density at radius 3 is 2.21 bits per heavy atom. The molecule has 1 aromatic heterocycles. The molecule has 0 bridgehead atoms. The predicted octanol–water partition coefficient (Wildman–Crippen LogP) is 1.67. The first kappa shape index (κ1) is 15.9. The molecule has 0 atom stereocenters. The van der Waals surface area contributed by atoms with Crippen molar-refractivity contribution in [1.82, 2.24) is 19.9 Å². The third-order valence-electron chi connectivity index (χ3n) is 3.07. The maximum Gasteiger partial charge on any atom is 0.231 e. The van der Waals surface area contributed by atoms with Crippen LogP contribution in [0.3, 0.4) is 0 Å². The van der Waals surface area contributed by atoms with E-state index in [1.165, 1.54) is 0 Å². The van der Waals surface area contributed by atoms with Crippen LogP contribution in [-0.4, -0.2) is 52.6 Å². The van der Waals surface area contributed by atoms with Gasteiger partial charge >= 0.3 is 0 Å². The average molecular weight is 287 g/mol. The van der Waals surface area contributed by atoms with Crippen LogP contribution in [0, 0.1) is 0 Å². The number of nitrogens with zero attached hydrogens (tertiary/aromatic N) is 5. The molecule has 1 rings (SSSR count). The third kappa shape index (κ3) is 5.16. The van der Waals surface area contributed by atoms with Crippen molar-refractivity contribution in [3.8, 4) is 0 Å². The summed E-state index contributed by atoms with van der Waals surface area (Å²) < 4.78 is 0. The Morgan fingerprint density at radius 1 is 1.00 bits per heavy atom. The summed E-state index contributed by atoms with van der Waals surface area (Å²) in [6, 6.07) is 0. The van der Waals surface area contributed by atoms with Gasteiger partial charge in [0.15, 0.2) is 0 Å². The average Bonchev–Trinajstić information content (AvgIpc) is 2.38. The molecule has 0 radical (unpaired) electrons. The zero-order chi connectivity index (χ0) is 14.3. The maximum absolute atomic E-state index is 5.80. The number of hydrogen-bond acceptors (Lipinski definition) is 6. The van der Waals surface area contributed by atoms with Gasteiger partial charge in [0.1, 0.15) is 0 Å². The summed E-state index contributed by atoms with van der Waals surface area (Å²) in [4.78, 5) is 16.5. The Balaban J connectivity index is 2.58. The summed E-state index contributed by atoms with van der Waals surface area (Å²) in [5.41, 5.74) is 5.59. The summed E-state index contributed by atoms with van der Waals surface area (Å²) >= 11 is 5.80. The lowest BCUT2D eigenvalue weighted by Crippen LogP contribution is -2.31. The van der Waals surface area contributed by atoms with E-state index >= 15 is 0 Å². The number of nitrogens with two attached hydrogens (primary N) is 1. The lowest BCUT2D eigenvalue weighted by atomic mass is 10.3. The van der Waals surface area contributed by atoms with Gasteiger partial charge in [-0.15, -0.1) is 0 Å². The molecule has 0 aliphatic rings. The van der Waals surface area contributed by atoms with Crippen LogP contribution in [-0.2, 0) is 0 Å². The van der Waals surface area contributed by atoms with Crippen molar-refractivity contribution < 1.29 is 0 Å². The zero-order valence-corrected chi connectivity index (χ0v) is 12.7. The Morgan fingerprint density at radius 2 is 1.68 bits per heavy atom. The minimum Gasteiger partial charge on any atom is -0.368 e. The first-order valence-corrected chi connectivity index (χ1v) is 7.12. The molecule has 2 N–H and O–H groups in total. The van der Waals surface area contributed by atoms with Gasteiger partial charge in [0.05, 0.1) is 0 Å². The predicted molar refractivity (Wildman–Crippen MR) is 79.5 cm³/mol. The maximum atomic E-state index is 5.80. The van der Waals surface area contributed by atoms with Gasteiger partial charge in [-0.25, -0.2) is 0 Å². The smallest absolute Gasteiger partial charge is 0.231 e. The monoisotopic (exact) mass is 286 g/mol. The molecule has 0 saturated carbocycles. The molecule has 19 heavy (non-hydrogen) atoms. The number of aromatic nitrogens is 3. The van der Waals surface area contributed by atoms with E-state index in [1.807, 2.05) is 0 Å². The number of rotatable bonds is 8. The molecule has 0 aliphatic carbocycles. The molecule has 0 aromatic carbocycles. The van der Waals surface area contributed by atoms with E-state index in [2.05, 4.69) is 45.5 Å². The number of anilines is 2. The number of nitrogen functional groups attached to an aromatic ring is 1. The fraction of sp³-hybridized carbons (Fsp3) is 0.750. The summed E-state index contributed by atoms with van der Waals surface area (Å²) in [5.74, 6) is 0.719. The van der Waals surface area contributed by atoms with Crippen molar-refractivity contribution >= 4 is 23.5 Å². The zero-order valence-electron chi connectivity index (χ0n) is 11.9. The highest BCUT2D eigenvalue weighted by molar-refractivity contribution is 6.28. The largest absolute Gasteiger partial charge is 0.368 e. The molecule has 0 spiro atoms. The molecule has 0 aliphatic heterocycles. The summed E-state index contributed by atoms with van der Waals surface area (Å²) in [7, 11) is 0. The molecule has 0 fully saturated rings. The van der Waals surface area contributed by atoms with Crippen LogP contribution in [0.2, 0.25) is 5.28 Å². The second-order valence-corrected chi connectivity index (χ2v) is 4.56. The molecular weight excluding hydrogens is 264 g/mol. The van der Waals surface area contributed by atoms with E-state index in [-0.39, 0.29) is 11.2 Å². The normalized spacial score (nSPS) is 11.0. The molecule has 6 nitrogen and oxygen atoms in total. The van der Waals surface area contributed by atoms with Crippen molar-refractivity contribution in [2.45, 2.75) is 27.2 Å². The summed E-state index contributed by atoms with van der Waals surface area (Å²) in [5, 5.41) is 0.143. The molecule has 108 valence electrons. The molecule has 1 heterocycles. The third-order valence-corrected chi connectivity index (χ3v) is 3.24. The van der Waals surface area contributed by atoms with Gasteiger partial charge in [-0.05, 0) is 44.6 Å². The highest BCUT2D eigenvalue weighted by atomic mass is 35.5. The summed E-state index contributed by atoms with van der Waals surface area (Å²) in [6.07, 6.45) is 1.05. The first-order valence-electron chi connectivity index (χ1n) is 6.75. The van der Waals surface area contributed by atoms with Gasteiger partial charge in [-0.3, -0.25) is 0 Å². The minimum absolute atomic E-state index is 0.143. The van der Waals surface area contributed by atoms with Gasteiger partial charge in [-0.2, -0.15) is 15.0 Å². The van der Waals surface area contributed by atoms with Crippen LogP contribution >= 0.6 is 11.6 Å². The Hall–Kier alpha value is -1.14. The molecule has 7 heteroatoms. The highest BCUT2D eigenvalue weighted by Crippen LogP contribution is 2.12. The Labute approximate surface area is 120 Å². The second-order valence-electron chi connectivity index (χ2n) is 4.22. The molecular formula is C12H23ClN6. The topological polar surface area (TPSA) is 71.2 Å². The standard InChI is InChI=1S/C12H23ClN6/c1-4-18(5-2)8-7-9-19(6-3)12-16-10(13)15-11(14)17-12/h4-9H2,1-3H3,(H2,14,15,16,17). The van der Waals surface area contributed by atoms with E-state index in [9.17, 15) is 0 Å². The van der Waals surface area contributed by atoms with Gasteiger partial charge < -0.3 is 15.5 Å². The van der Waals surface area contributed by atoms with E-state index in [0.29, 0.717) is 5.95 Å². The van der Waals surface area contributed by atoms with E-state index in [4.69, 9.17) is 17.3 Å². The van der Waals surface area contributed by atoms with Crippen LogP contribution in [0.25, 0.3) is 0 Å². The van der Waals surface area contributed by atoms with Crippen molar-refractivity contribution in [2.24, 2.45) is 0 Å². The lowest BCUT2D eigenvalue weighted by Gasteiger charge is -2.23. The highest BCUT2D eigenvalue weighted by Gasteiger charge is 2.10. The van der Waals surface area contributed by atoms with Gasteiger partial charge in [0, 0.05) is 13.1 Å². The van der Waals surface area contributed by atoms with Crippen molar-refractivity contribution in [3.05, 3.63) is 5.28 Å². The Kier molecular flexibility index (Phi) is 6.80. The van der Waals surface area contributed by atoms with Gasteiger partial charge in [-0.1, -0.05) is 13.8 Å². The van der Waals surface area contributed by atoms with Gasteiger partial charge in [0.2, 0.25) is 17.2 Å². The van der Waals surface area contributed by atoms with Crippen molar-refractivity contribution in [2.75, 3.05) is 43.4 Å². The van der Waals surface area contributed by atoms with Crippen LogP contribution in [0.4, 0.5) is 11.9 Å². The number of halogens is 1. The van der Waals surface area contributed by atoms with Crippen molar-refractivity contribution in [3.63, 3.8) is 0 Å². The van der Waals surface area contributed by atoms with Crippen LogP contribution in [0.15, 0.2) is 0 Å². The van der Waals surface area contributed by atoms with Gasteiger partial charge in [0.25, 0.3) is 0 Å².